The van der Waals surface area contributed by atoms with Gasteiger partial charge in [-0.05, 0) is 39.2 Å². The minimum atomic E-state index is -0.583. The Labute approximate surface area is 154 Å². The Morgan fingerprint density at radius 3 is 2.48 bits per heavy atom. The molecule has 4 rings (SSSR count). The molecule has 0 spiro atoms. The number of anilines is 1. The molecular formula is C20H15N5O2. The number of hydrogen-bond donors (Lipinski definition) is 1. The molecule has 0 fully saturated rings. The fraction of sp³-hybridized carbons (Fsp3) is 0.0500. The minimum absolute atomic E-state index is 0.396. The molecule has 7 nitrogen and oxygen atoms in total. The van der Waals surface area contributed by atoms with Crippen LogP contribution in [0.25, 0.3) is 22.0 Å². The van der Waals surface area contributed by atoms with Crippen molar-refractivity contribution in [3.05, 3.63) is 88.7 Å². The number of nitrogens with zero attached hydrogens (tertiary/aromatic N) is 4. The molecule has 0 atom stereocenters. The molecular weight excluding hydrogens is 342 g/mol. The summed E-state index contributed by atoms with van der Waals surface area (Å²) < 4.78 is 0. The molecule has 4 aromatic rings. The van der Waals surface area contributed by atoms with E-state index in [2.05, 4.69) is 20.3 Å². The predicted molar refractivity (Wildman–Crippen MR) is 103 cm³/mol. The van der Waals surface area contributed by atoms with Gasteiger partial charge in [0.25, 0.3) is 0 Å². The van der Waals surface area contributed by atoms with Crippen LogP contribution in [0.15, 0.2) is 72.9 Å². The first-order valence-corrected chi connectivity index (χ1v) is 8.37. The molecule has 0 aliphatic rings. The summed E-state index contributed by atoms with van der Waals surface area (Å²) >= 11 is 0. The van der Waals surface area contributed by atoms with Gasteiger partial charge in [0.1, 0.15) is 0 Å². The van der Waals surface area contributed by atoms with Crippen molar-refractivity contribution in [3.8, 4) is 11.1 Å². The zero-order chi connectivity index (χ0) is 18.6. The van der Waals surface area contributed by atoms with Crippen molar-refractivity contribution in [3.63, 3.8) is 0 Å². The minimum Gasteiger partial charge on any atom is -0.390 e. The van der Waals surface area contributed by atoms with Crippen LogP contribution >= 0.6 is 0 Å². The molecule has 0 saturated carbocycles. The van der Waals surface area contributed by atoms with Gasteiger partial charge < -0.3 is 15.4 Å². The van der Waals surface area contributed by atoms with Gasteiger partial charge in [-0.2, -0.15) is 0 Å². The van der Waals surface area contributed by atoms with E-state index < -0.39 is 10.9 Å². The van der Waals surface area contributed by atoms with Crippen molar-refractivity contribution in [2.45, 2.75) is 6.54 Å². The first-order chi connectivity index (χ1) is 13.2. The standard InChI is InChI=1S/C20H15N5O2/c26-25(27)20-23-17-11-6-10-16(14-7-2-1-3-8-14)18(17)19(24-20)22-13-15-9-4-5-12-21-15/h1-12H,13H2,(H,22,23,24). The van der Waals surface area contributed by atoms with Crippen molar-refractivity contribution >= 4 is 22.7 Å². The molecule has 27 heavy (non-hydrogen) atoms. The van der Waals surface area contributed by atoms with Crippen molar-refractivity contribution in [2.24, 2.45) is 0 Å². The molecule has 0 saturated heterocycles. The first kappa shape index (κ1) is 16.6. The number of rotatable bonds is 5. The summed E-state index contributed by atoms with van der Waals surface area (Å²) in [6.07, 6.45) is 1.70. The fourth-order valence-electron chi connectivity index (χ4n) is 2.92. The Hall–Kier alpha value is -3.87. The number of nitro groups is 1. The van der Waals surface area contributed by atoms with Crippen LogP contribution < -0.4 is 5.32 Å². The highest BCUT2D eigenvalue weighted by Gasteiger charge is 2.20. The fourth-order valence-corrected chi connectivity index (χ4v) is 2.92. The van der Waals surface area contributed by atoms with Crippen molar-refractivity contribution in [2.75, 3.05) is 5.32 Å². The molecule has 0 aliphatic heterocycles. The van der Waals surface area contributed by atoms with E-state index in [1.54, 1.807) is 12.3 Å². The maximum atomic E-state index is 11.3. The van der Waals surface area contributed by atoms with Crippen molar-refractivity contribution in [1.29, 1.82) is 0 Å². The highest BCUT2D eigenvalue weighted by atomic mass is 16.6. The van der Waals surface area contributed by atoms with Crippen molar-refractivity contribution in [1.82, 2.24) is 15.0 Å². The van der Waals surface area contributed by atoms with Gasteiger partial charge >= 0.3 is 5.95 Å². The first-order valence-electron chi connectivity index (χ1n) is 8.37. The summed E-state index contributed by atoms with van der Waals surface area (Å²) in [6, 6.07) is 21.0. The number of aromatic nitrogens is 3. The third-order valence-electron chi connectivity index (χ3n) is 4.12. The lowest BCUT2D eigenvalue weighted by Crippen LogP contribution is -2.07. The Morgan fingerprint density at radius 1 is 0.926 bits per heavy atom. The number of nitrogens with one attached hydrogen (secondary N) is 1. The van der Waals surface area contributed by atoms with Crippen LogP contribution in [0.3, 0.4) is 0 Å². The maximum absolute atomic E-state index is 11.3. The van der Waals surface area contributed by atoms with Crippen LogP contribution in [0, 0.1) is 10.1 Å². The topological polar surface area (TPSA) is 93.8 Å². The van der Waals surface area contributed by atoms with Crippen LogP contribution in [-0.2, 0) is 6.54 Å². The average molecular weight is 357 g/mol. The third-order valence-corrected chi connectivity index (χ3v) is 4.12. The summed E-state index contributed by atoms with van der Waals surface area (Å²) in [4.78, 5) is 23.2. The van der Waals surface area contributed by atoms with Gasteiger partial charge in [-0.15, -0.1) is 0 Å². The van der Waals surface area contributed by atoms with E-state index >= 15 is 0 Å². The summed E-state index contributed by atoms with van der Waals surface area (Å²) in [7, 11) is 0. The van der Waals surface area contributed by atoms with Gasteiger partial charge in [-0.3, -0.25) is 4.98 Å². The average Bonchev–Trinajstić information content (AvgIpc) is 2.72. The van der Waals surface area contributed by atoms with Gasteiger partial charge in [-0.1, -0.05) is 53.5 Å². The van der Waals surface area contributed by atoms with Crippen LogP contribution in [0.4, 0.5) is 11.8 Å². The van der Waals surface area contributed by atoms with Crippen LogP contribution in [0.2, 0.25) is 0 Å². The molecule has 132 valence electrons. The molecule has 0 radical (unpaired) electrons. The SMILES string of the molecule is O=[N+]([O-])c1nc(NCc2ccccn2)c2c(-c3ccccc3)cccc2n1. The number of benzene rings is 2. The molecule has 1 N–H and O–H groups in total. The van der Waals surface area contributed by atoms with Gasteiger partial charge in [0.05, 0.1) is 17.6 Å². The molecule has 0 bridgehead atoms. The van der Waals surface area contributed by atoms with Gasteiger partial charge in [0, 0.05) is 6.20 Å². The van der Waals surface area contributed by atoms with Gasteiger partial charge in [0.2, 0.25) is 5.82 Å². The number of pyridine rings is 1. The highest BCUT2D eigenvalue weighted by Crippen LogP contribution is 2.33. The summed E-state index contributed by atoms with van der Waals surface area (Å²) in [6.45, 7) is 0.396. The smallest absolute Gasteiger partial charge is 0.390 e. The second kappa shape index (κ2) is 7.17. The lowest BCUT2D eigenvalue weighted by molar-refractivity contribution is -0.394. The molecule has 2 aromatic heterocycles. The van der Waals surface area contributed by atoms with E-state index in [9.17, 15) is 10.1 Å². The van der Waals surface area contributed by atoms with Crippen molar-refractivity contribution < 1.29 is 4.92 Å². The molecule has 0 unspecified atom stereocenters. The summed E-state index contributed by atoms with van der Waals surface area (Å²) in [5.41, 5.74) is 3.22. The van der Waals surface area contributed by atoms with Gasteiger partial charge in [-0.25, -0.2) is 0 Å². The monoisotopic (exact) mass is 357 g/mol. The second-order valence-corrected chi connectivity index (χ2v) is 5.87. The normalized spacial score (nSPS) is 10.7. The molecule has 0 aliphatic carbocycles. The molecule has 2 aromatic carbocycles. The zero-order valence-electron chi connectivity index (χ0n) is 14.2. The van der Waals surface area contributed by atoms with E-state index in [1.807, 2.05) is 60.7 Å². The number of fused-ring (bicyclic) bond motifs is 1. The van der Waals surface area contributed by atoms with Gasteiger partial charge in [0.15, 0.2) is 5.52 Å². The Morgan fingerprint density at radius 2 is 1.74 bits per heavy atom. The lowest BCUT2D eigenvalue weighted by atomic mass is 10.0. The predicted octanol–water partition coefficient (Wildman–Crippen LogP) is 4.21. The van der Waals surface area contributed by atoms with E-state index in [4.69, 9.17) is 0 Å². The summed E-state index contributed by atoms with van der Waals surface area (Å²) in [5, 5.41) is 15.2. The molecule has 0 amide bonds. The van der Waals surface area contributed by atoms with Crippen LogP contribution in [0.5, 0.6) is 0 Å². The van der Waals surface area contributed by atoms with E-state index in [1.165, 1.54) is 0 Å². The third kappa shape index (κ3) is 3.43. The largest absolute Gasteiger partial charge is 0.471 e. The number of hydrogen-bond acceptors (Lipinski definition) is 6. The molecule has 7 heteroatoms. The zero-order valence-corrected chi connectivity index (χ0v) is 14.2. The van der Waals surface area contributed by atoms with Crippen LogP contribution in [-0.4, -0.2) is 19.9 Å². The molecule has 2 heterocycles. The van der Waals surface area contributed by atoms with E-state index in [0.717, 1.165) is 22.2 Å². The highest BCUT2D eigenvalue weighted by molar-refractivity contribution is 6.02. The van der Waals surface area contributed by atoms with E-state index in [0.29, 0.717) is 17.9 Å². The van der Waals surface area contributed by atoms with Crippen LogP contribution in [0.1, 0.15) is 5.69 Å². The maximum Gasteiger partial charge on any atom is 0.471 e. The second-order valence-electron chi connectivity index (χ2n) is 5.87. The Bertz CT molecular complexity index is 1100. The Kier molecular flexibility index (Phi) is 4.40. The lowest BCUT2D eigenvalue weighted by Gasteiger charge is -2.10. The van der Waals surface area contributed by atoms with E-state index in [-0.39, 0.29) is 0 Å². The quantitative estimate of drug-likeness (QED) is 0.425. The Balaban J connectivity index is 1.87. The summed E-state index contributed by atoms with van der Waals surface area (Å²) in [5.74, 6) is -0.0203.